The van der Waals surface area contributed by atoms with Crippen molar-refractivity contribution in [3.05, 3.63) is 46.6 Å². The summed E-state index contributed by atoms with van der Waals surface area (Å²) in [6, 6.07) is 10.3. The van der Waals surface area contributed by atoms with E-state index in [1.807, 2.05) is 12.1 Å². The Balaban J connectivity index is 2.56. The van der Waals surface area contributed by atoms with Gasteiger partial charge in [-0.1, -0.05) is 18.2 Å². The quantitative estimate of drug-likeness (QED) is 0.583. The normalized spacial score (nSPS) is 9.92. The van der Waals surface area contributed by atoms with Crippen LogP contribution in [0.3, 0.4) is 0 Å². The molecule has 2 rings (SSSR count). The molecule has 0 amide bonds. The molecular weight excluding hydrogens is 166 g/mol. The fourth-order valence-corrected chi connectivity index (χ4v) is 2.18. The number of thiophene rings is 1. The molecule has 0 N–H and O–H groups in total. The lowest BCUT2D eigenvalue weighted by atomic mass is 10.2. The van der Waals surface area contributed by atoms with E-state index in [9.17, 15) is 0 Å². The maximum absolute atomic E-state index is 6.75. The average Bonchev–Trinajstić information content (AvgIpc) is 2.47. The van der Waals surface area contributed by atoms with Gasteiger partial charge in [-0.25, -0.2) is 6.57 Å². The first-order chi connectivity index (χ1) is 5.90. The van der Waals surface area contributed by atoms with Crippen molar-refractivity contribution in [1.29, 1.82) is 0 Å². The zero-order valence-corrected chi connectivity index (χ0v) is 7.27. The van der Waals surface area contributed by atoms with Crippen molar-refractivity contribution < 1.29 is 0 Å². The summed E-state index contributed by atoms with van der Waals surface area (Å²) in [7, 11) is 0. The first-order valence-corrected chi connectivity index (χ1v) is 4.52. The van der Waals surface area contributed by atoms with Crippen LogP contribution in [0.25, 0.3) is 14.9 Å². The Hall–Kier alpha value is -1.33. The van der Waals surface area contributed by atoms with Crippen LogP contribution in [0.2, 0.25) is 0 Å². The molecule has 1 aromatic heterocycles. The summed E-state index contributed by atoms with van der Waals surface area (Å²) in [5.74, 6) is 0. The first-order valence-electron chi connectivity index (χ1n) is 3.71. The summed E-state index contributed by atoms with van der Waals surface area (Å²) in [6.45, 7) is 7.26. The van der Waals surface area contributed by atoms with Gasteiger partial charge in [-0.2, -0.15) is 0 Å². The van der Waals surface area contributed by atoms with Crippen LogP contribution >= 0.6 is 11.3 Å². The van der Waals surface area contributed by atoms with E-state index in [1.54, 1.807) is 11.3 Å². The van der Waals surface area contributed by atoms with Crippen LogP contribution in [0.5, 0.6) is 0 Å². The van der Waals surface area contributed by atoms with E-state index < -0.39 is 0 Å². The summed E-state index contributed by atoms with van der Waals surface area (Å²) < 4.78 is 1.27. The van der Waals surface area contributed by atoms with E-state index in [4.69, 9.17) is 6.57 Å². The van der Waals surface area contributed by atoms with Crippen molar-refractivity contribution in [2.45, 2.75) is 6.54 Å². The van der Waals surface area contributed by atoms with Crippen LogP contribution in [0.4, 0.5) is 0 Å². The molecular formula is C10H7NS. The highest BCUT2D eigenvalue weighted by Crippen LogP contribution is 2.25. The van der Waals surface area contributed by atoms with Gasteiger partial charge in [0.1, 0.15) is 0 Å². The highest BCUT2D eigenvalue weighted by Gasteiger charge is 2.01. The zero-order chi connectivity index (χ0) is 8.39. The van der Waals surface area contributed by atoms with Crippen molar-refractivity contribution in [3.8, 4) is 0 Å². The Kier molecular flexibility index (Phi) is 1.81. The molecule has 1 aromatic carbocycles. The van der Waals surface area contributed by atoms with Crippen LogP contribution in [0, 0.1) is 6.57 Å². The summed E-state index contributed by atoms with van der Waals surface area (Å²) in [4.78, 5) is 4.52. The maximum Gasteiger partial charge on any atom is 0.248 e. The molecule has 0 saturated heterocycles. The van der Waals surface area contributed by atoms with E-state index in [1.165, 1.54) is 10.1 Å². The van der Waals surface area contributed by atoms with Crippen LogP contribution in [0.1, 0.15) is 4.88 Å². The second-order valence-electron chi connectivity index (χ2n) is 2.57. The topological polar surface area (TPSA) is 4.36 Å². The van der Waals surface area contributed by atoms with E-state index in [0.717, 1.165) is 4.88 Å². The number of hydrogen-bond donors (Lipinski definition) is 0. The molecule has 0 radical (unpaired) electrons. The van der Waals surface area contributed by atoms with Crippen LogP contribution < -0.4 is 0 Å². The van der Waals surface area contributed by atoms with Gasteiger partial charge < -0.3 is 4.85 Å². The maximum atomic E-state index is 6.75. The second-order valence-corrected chi connectivity index (χ2v) is 3.74. The molecule has 0 aliphatic carbocycles. The van der Waals surface area contributed by atoms with Crippen LogP contribution in [-0.4, -0.2) is 0 Å². The van der Waals surface area contributed by atoms with E-state index in [0.29, 0.717) is 6.54 Å². The minimum atomic E-state index is 0.513. The molecule has 0 aliphatic rings. The smallest absolute Gasteiger partial charge is 0.248 e. The van der Waals surface area contributed by atoms with Crippen molar-refractivity contribution in [1.82, 2.24) is 0 Å². The number of fused-ring (bicyclic) bond motifs is 1. The molecule has 0 aliphatic heterocycles. The third kappa shape index (κ3) is 1.19. The number of nitrogens with zero attached hydrogens (tertiary/aromatic N) is 1. The van der Waals surface area contributed by atoms with Crippen molar-refractivity contribution in [3.63, 3.8) is 0 Å². The predicted molar refractivity (Wildman–Crippen MR) is 52.1 cm³/mol. The van der Waals surface area contributed by atoms with Gasteiger partial charge >= 0.3 is 0 Å². The lowest BCUT2D eigenvalue weighted by Crippen LogP contribution is -1.64. The van der Waals surface area contributed by atoms with E-state index in [-0.39, 0.29) is 0 Å². The van der Waals surface area contributed by atoms with Gasteiger partial charge in [0.2, 0.25) is 6.54 Å². The second kappa shape index (κ2) is 2.96. The summed E-state index contributed by atoms with van der Waals surface area (Å²) in [5.41, 5.74) is 0. The minimum absolute atomic E-state index is 0.513. The lowest BCUT2D eigenvalue weighted by Gasteiger charge is -1.82. The van der Waals surface area contributed by atoms with Crippen molar-refractivity contribution in [2.24, 2.45) is 0 Å². The molecule has 2 heteroatoms. The lowest BCUT2D eigenvalue weighted by molar-refractivity contribution is 1.34. The van der Waals surface area contributed by atoms with Crippen LogP contribution in [-0.2, 0) is 6.54 Å². The standard InChI is InChI=1S/C10H7NS/c1-11-7-9-6-8-4-2-3-5-10(8)12-9/h2-6H,7H2. The molecule has 58 valence electrons. The van der Waals surface area contributed by atoms with Crippen molar-refractivity contribution in [2.75, 3.05) is 0 Å². The highest BCUT2D eigenvalue weighted by molar-refractivity contribution is 7.19. The fourth-order valence-electron chi connectivity index (χ4n) is 1.19. The fraction of sp³-hybridized carbons (Fsp3) is 0.100. The molecule has 0 unspecified atom stereocenters. The third-order valence-electron chi connectivity index (χ3n) is 1.71. The highest BCUT2D eigenvalue weighted by atomic mass is 32.1. The third-order valence-corrected chi connectivity index (χ3v) is 2.81. The van der Waals surface area contributed by atoms with Crippen LogP contribution in [0.15, 0.2) is 30.3 Å². The van der Waals surface area contributed by atoms with Gasteiger partial charge in [0, 0.05) is 4.70 Å². The Labute approximate surface area is 75.1 Å². The molecule has 1 nitrogen and oxygen atoms in total. The van der Waals surface area contributed by atoms with Gasteiger partial charge in [0.25, 0.3) is 0 Å². The Morgan fingerprint density at radius 3 is 2.92 bits per heavy atom. The SMILES string of the molecule is [C-]#[N+]Cc1cc2ccccc2s1. The summed E-state index contributed by atoms with van der Waals surface area (Å²) >= 11 is 1.71. The summed E-state index contributed by atoms with van der Waals surface area (Å²) in [5, 5.41) is 1.25. The van der Waals surface area contributed by atoms with Gasteiger partial charge in [-0.3, -0.25) is 0 Å². The molecule has 2 aromatic rings. The van der Waals surface area contributed by atoms with E-state index in [2.05, 4.69) is 23.0 Å². The zero-order valence-electron chi connectivity index (χ0n) is 6.45. The monoisotopic (exact) mass is 173 g/mol. The van der Waals surface area contributed by atoms with Crippen molar-refractivity contribution >= 4 is 21.4 Å². The van der Waals surface area contributed by atoms with Gasteiger partial charge in [-0.05, 0) is 17.5 Å². The first kappa shape index (κ1) is 7.33. The van der Waals surface area contributed by atoms with Gasteiger partial charge in [-0.15, -0.1) is 11.3 Å². The number of hydrogen-bond acceptors (Lipinski definition) is 1. The van der Waals surface area contributed by atoms with Gasteiger partial charge in [0.15, 0.2) is 0 Å². The average molecular weight is 173 g/mol. The Bertz CT molecular complexity index is 403. The Morgan fingerprint density at radius 1 is 1.33 bits per heavy atom. The largest absolute Gasteiger partial charge is 0.311 e. The number of benzene rings is 1. The predicted octanol–water partition coefficient (Wildman–Crippen LogP) is 3.32. The molecule has 0 spiro atoms. The molecule has 1 heterocycles. The minimum Gasteiger partial charge on any atom is -0.311 e. The molecule has 0 saturated carbocycles. The van der Waals surface area contributed by atoms with Gasteiger partial charge in [0.05, 0.1) is 4.88 Å². The molecule has 0 fully saturated rings. The summed E-state index contributed by atoms with van der Waals surface area (Å²) in [6.07, 6.45) is 0. The molecule has 0 bridgehead atoms. The van der Waals surface area contributed by atoms with E-state index >= 15 is 0 Å². The molecule has 12 heavy (non-hydrogen) atoms. The number of rotatable bonds is 1. The Morgan fingerprint density at radius 2 is 2.17 bits per heavy atom. The molecule has 0 atom stereocenters.